The van der Waals surface area contributed by atoms with Gasteiger partial charge in [0.15, 0.2) is 11.5 Å². The highest BCUT2D eigenvalue weighted by Gasteiger charge is 2.46. The topological polar surface area (TPSA) is 114 Å². The van der Waals surface area contributed by atoms with Crippen LogP contribution in [-0.2, 0) is 23.0 Å². The van der Waals surface area contributed by atoms with Crippen molar-refractivity contribution < 1.29 is 35.9 Å². The standard InChI is InChI=1S/C23H19BrF3N3O5S/c1-3-18-28-12(2)20(22(31)32)30(18)11-13-8-9-17-15(10-13)19(24)21(35-17)14-6-4-5-7-16(14)29-36(33,34)23(25,26)27/h4-10,29H,3,11H2,1-2H3,(H,31,32). The minimum atomic E-state index is -5.64. The molecule has 0 saturated heterocycles. The van der Waals surface area contributed by atoms with Crippen LogP contribution in [0.1, 0.15) is 34.5 Å². The van der Waals surface area contributed by atoms with E-state index >= 15 is 0 Å². The number of carboxylic acid groups (broad SMARTS) is 1. The van der Waals surface area contributed by atoms with E-state index in [-0.39, 0.29) is 29.2 Å². The lowest BCUT2D eigenvalue weighted by molar-refractivity contribution is -0.0429. The molecule has 0 saturated carbocycles. The van der Waals surface area contributed by atoms with Gasteiger partial charge >= 0.3 is 21.5 Å². The molecule has 0 radical (unpaired) electrons. The van der Waals surface area contributed by atoms with E-state index in [0.29, 0.717) is 33.4 Å². The van der Waals surface area contributed by atoms with Crippen LogP contribution in [0.3, 0.4) is 0 Å². The summed E-state index contributed by atoms with van der Waals surface area (Å²) in [5.74, 6) is -0.352. The summed E-state index contributed by atoms with van der Waals surface area (Å²) in [5, 5.41) is 10.2. The summed E-state index contributed by atoms with van der Waals surface area (Å²) < 4.78 is 71.6. The molecular formula is C23H19BrF3N3O5S. The Morgan fingerprint density at radius 1 is 1.22 bits per heavy atom. The minimum Gasteiger partial charge on any atom is -0.477 e. The molecule has 0 aliphatic carbocycles. The lowest BCUT2D eigenvalue weighted by Gasteiger charge is -2.13. The van der Waals surface area contributed by atoms with E-state index in [0.717, 1.165) is 5.56 Å². The third-order valence-corrected chi connectivity index (χ3v) is 7.38. The van der Waals surface area contributed by atoms with Crippen LogP contribution in [0.15, 0.2) is 51.4 Å². The largest absolute Gasteiger partial charge is 0.516 e. The number of rotatable bonds is 7. The average Bonchev–Trinajstić information content (AvgIpc) is 3.29. The molecule has 2 heterocycles. The molecule has 0 amide bonds. The predicted octanol–water partition coefficient (Wildman–Crippen LogP) is 5.94. The maximum Gasteiger partial charge on any atom is 0.516 e. The highest BCUT2D eigenvalue weighted by Crippen LogP contribution is 2.41. The maximum absolute atomic E-state index is 12.9. The van der Waals surface area contributed by atoms with Crippen molar-refractivity contribution in [1.82, 2.24) is 9.55 Å². The molecule has 0 bridgehead atoms. The van der Waals surface area contributed by atoms with Gasteiger partial charge in [-0.1, -0.05) is 25.1 Å². The average molecular weight is 586 g/mol. The molecule has 190 valence electrons. The molecule has 36 heavy (non-hydrogen) atoms. The van der Waals surface area contributed by atoms with Crippen LogP contribution in [0.2, 0.25) is 0 Å². The molecule has 0 aliphatic rings. The number of para-hydroxylation sites is 1. The number of sulfonamides is 1. The van der Waals surface area contributed by atoms with Gasteiger partial charge in [0.05, 0.1) is 15.9 Å². The van der Waals surface area contributed by atoms with Gasteiger partial charge in [-0.25, -0.2) is 9.78 Å². The number of aryl methyl sites for hydroxylation is 2. The highest BCUT2D eigenvalue weighted by atomic mass is 79.9. The first-order chi connectivity index (χ1) is 16.8. The normalized spacial score (nSPS) is 12.3. The number of carbonyl (C=O) groups is 1. The van der Waals surface area contributed by atoms with Crippen LogP contribution in [0.25, 0.3) is 22.3 Å². The number of hydrogen-bond acceptors (Lipinski definition) is 5. The Morgan fingerprint density at radius 2 is 1.92 bits per heavy atom. The summed E-state index contributed by atoms with van der Waals surface area (Å²) in [6.07, 6.45) is 0.528. The summed E-state index contributed by atoms with van der Waals surface area (Å²) in [6.45, 7) is 3.72. The summed E-state index contributed by atoms with van der Waals surface area (Å²) in [5.41, 5.74) is -4.07. The number of anilines is 1. The molecule has 8 nitrogen and oxygen atoms in total. The minimum absolute atomic E-state index is 0.0878. The smallest absolute Gasteiger partial charge is 0.477 e. The zero-order valence-corrected chi connectivity index (χ0v) is 21.3. The van der Waals surface area contributed by atoms with E-state index in [1.165, 1.54) is 24.3 Å². The lowest BCUT2D eigenvalue weighted by Crippen LogP contribution is -2.30. The fourth-order valence-corrected chi connectivity index (χ4v) is 5.07. The Bertz CT molecular complexity index is 1590. The van der Waals surface area contributed by atoms with Crippen LogP contribution in [0.4, 0.5) is 18.9 Å². The Balaban J connectivity index is 1.77. The molecule has 4 rings (SSSR count). The second-order valence-corrected chi connectivity index (χ2v) is 10.3. The molecule has 0 unspecified atom stereocenters. The number of benzene rings is 2. The van der Waals surface area contributed by atoms with Crippen LogP contribution < -0.4 is 4.72 Å². The number of fused-ring (bicyclic) bond motifs is 1. The molecule has 2 aromatic carbocycles. The molecular weight excluding hydrogens is 567 g/mol. The van der Waals surface area contributed by atoms with Gasteiger partial charge in [-0.3, -0.25) is 4.72 Å². The van der Waals surface area contributed by atoms with E-state index in [1.807, 2.05) is 6.92 Å². The van der Waals surface area contributed by atoms with Crippen molar-refractivity contribution in [2.24, 2.45) is 0 Å². The van der Waals surface area contributed by atoms with Crippen molar-refractivity contribution in [2.45, 2.75) is 32.3 Å². The maximum atomic E-state index is 12.9. The Hall–Kier alpha value is -3.32. The molecule has 0 aliphatic heterocycles. The van der Waals surface area contributed by atoms with Gasteiger partial charge in [0, 0.05) is 23.9 Å². The van der Waals surface area contributed by atoms with Crippen molar-refractivity contribution in [1.29, 1.82) is 0 Å². The first-order valence-corrected chi connectivity index (χ1v) is 12.8. The van der Waals surface area contributed by atoms with Gasteiger partial charge in [-0.2, -0.15) is 21.6 Å². The zero-order valence-electron chi connectivity index (χ0n) is 18.9. The Morgan fingerprint density at radius 3 is 2.56 bits per heavy atom. The number of aromatic nitrogens is 2. The quantitative estimate of drug-likeness (QED) is 0.277. The first kappa shape index (κ1) is 25.8. The van der Waals surface area contributed by atoms with Gasteiger partial charge in [0.2, 0.25) is 0 Å². The zero-order chi connectivity index (χ0) is 26.4. The number of alkyl halides is 3. The van der Waals surface area contributed by atoms with Gasteiger partial charge in [0.25, 0.3) is 0 Å². The number of imidazole rings is 1. The second-order valence-electron chi connectivity index (χ2n) is 7.88. The van der Waals surface area contributed by atoms with Gasteiger partial charge in [0.1, 0.15) is 11.4 Å². The molecule has 13 heteroatoms. The van der Waals surface area contributed by atoms with E-state index in [2.05, 4.69) is 20.9 Å². The monoisotopic (exact) mass is 585 g/mol. The SMILES string of the molecule is CCc1nc(C)c(C(=O)O)n1Cc1ccc2oc(-c3ccccc3NS(=O)(=O)C(F)(F)F)c(Br)c2c1. The van der Waals surface area contributed by atoms with E-state index in [4.69, 9.17) is 4.42 Å². The fourth-order valence-electron chi connectivity index (χ4n) is 3.88. The molecule has 2 N–H and O–H groups in total. The van der Waals surface area contributed by atoms with Gasteiger partial charge in [-0.15, -0.1) is 0 Å². The van der Waals surface area contributed by atoms with Crippen molar-refractivity contribution >= 4 is 48.6 Å². The summed E-state index contributed by atoms with van der Waals surface area (Å²) >= 11 is 3.42. The second kappa shape index (κ2) is 9.28. The van der Waals surface area contributed by atoms with E-state index in [9.17, 15) is 31.5 Å². The number of aromatic carboxylic acids is 1. The number of hydrogen-bond donors (Lipinski definition) is 2. The van der Waals surface area contributed by atoms with E-state index in [1.54, 1.807) is 34.4 Å². The third-order valence-electron chi connectivity index (χ3n) is 5.49. The van der Waals surface area contributed by atoms with E-state index < -0.39 is 21.5 Å². The molecule has 2 aromatic heterocycles. The highest BCUT2D eigenvalue weighted by molar-refractivity contribution is 9.10. The number of furan rings is 1. The first-order valence-electron chi connectivity index (χ1n) is 10.5. The van der Waals surface area contributed by atoms with Crippen LogP contribution in [-0.4, -0.2) is 34.6 Å². The van der Waals surface area contributed by atoms with Crippen molar-refractivity contribution in [3.63, 3.8) is 0 Å². The molecule has 0 fully saturated rings. The number of nitrogens with one attached hydrogen (secondary N) is 1. The van der Waals surface area contributed by atoms with Crippen molar-refractivity contribution in [2.75, 3.05) is 4.72 Å². The fraction of sp³-hybridized carbons (Fsp3) is 0.217. The molecule has 0 atom stereocenters. The summed E-state index contributed by atoms with van der Waals surface area (Å²) in [4.78, 5) is 16.1. The molecule has 4 aromatic rings. The van der Waals surface area contributed by atoms with Gasteiger partial charge < -0.3 is 14.1 Å². The van der Waals surface area contributed by atoms with Gasteiger partial charge in [-0.05, 0) is 52.7 Å². The van der Waals surface area contributed by atoms with Crippen molar-refractivity contribution in [3.05, 3.63) is 69.7 Å². The summed E-state index contributed by atoms with van der Waals surface area (Å²) in [7, 11) is -5.64. The van der Waals surface area contributed by atoms with Crippen LogP contribution >= 0.6 is 15.9 Å². The summed E-state index contributed by atoms with van der Waals surface area (Å²) in [6, 6.07) is 10.7. The Labute approximate surface area is 211 Å². The Kier molecular flexibility index (Phi) is 6.64. The molecule has 0 spiro atoms. The number of nitrogens with zero attached hydrogens (tertiary/aromatic N) is 2. The number of halogens is 4. The predicted molar refractivity (Wildman–Crippen MR) is 130 cm³/mol. The lowest BCUT2D eigenvalue weighted by atomic mass is 10.1. The van der Waals surface area contributed by atoms with Crippen molar-refractivity contribution in [3.8, 4) is 11.3 Å². The number of carboxylic acids is 1. The van der Waals surface area contributed by atoms with Crippen LogP contribution in [0, 0.1) is 6.92 Å². The third kappa shape index (κ3) is 4.60. The van der Waals surface area contributed by atoms with Crippen LogP contribution in [0.5, 0.6) is 0 Å².